The Labute approximate surface area is 167 Å². The topological polar surface area (TPSA) is 101 Å². The summed E-state index contributed by atoms with van der Waals surface area (Å²) in [5.41, 5.74) is 2.48. The normalized spacial score (nSPS) is 19.2. The first kappa shape index (κ1) is 19.2. The molecule has 0 aliphatic carbocycles. The molecule has 1 aromatic heterocycles. The minimum atomic E-state index is -1.44. The third-order valence-corrected chi connectivity index (χ3v) is 5.27. The van der Waals surface area contributed by atoms with E-state index in [2.05, 4.69) is 5.32 Å². The van der Waals surface area contributed by atoms with Crippen molar-refractivity contribution < 1.29 is 24.5 Å². The van der Waals surface area contributed by atoms with Crippen LogP contribution in [0.15, 0.2) is 54.7 Å². The van der Waals surface area contributed by atoms with Gasteiger partial charge in [0.05, 0.1) is 18.4 Å². The first-order chi connectivity index (χ1) is 14.0. The van der Waals surface area contributed by atoms with Crippen molar-refractivity contribution in [3.8, 4) is 5.75 Å². The third-order valence-electron chi connectivity index (χ3n) is 5.27. The molecule has 2 heterocycles. The van der Waals surface area contributed by atoms with Gasteiger partial charge in [-0.15, -0.1) is 0 Å². The number of aliphatic hydroxyl groups is 2. The number of para-hydroxylation sites is 1. The molecule has 0 saturated carbocycles. The zero-order valence-corrected chi connectivity index (χ0v) is 15.9. The lowest BCUT2D eigenvalue weighted by atomic mass is 9.83. The lowest BCUT2D eigenvalue weighted by Gasteiger charge is -2.17. The molecule has 3 aromatic rings. The highest BCUT2D eigenvalue weighted by atomic mass is 16.5. The van der Waals surface area contributed by atoms with Crippen LogP contribution in [0.2, 0.25) is 0 Å². The number of fused-ring (bicyclic) bond motifs is 1. The van der Waals surface area contributed by atoms with Crippen LogP contribution in [0, 0.1) is 0 Å². The van der Waals surface area contributed by atoms with E-state index in [1.54, 1.807) is 24.3 Å². The van der Waals surface area contributed by atoms with Crippen molar-refractivity contribution in [3.05, 3.63) is 65.9 Å². The Morgan fingerprint density at radius 2 is 1.83 bits per heavy atom. The van der Waals surface area contributed by atoms with Gasteiger partial charge in [-0.1, -0.05) is 30.3 Å². The van der Waals surface area contributed by atoms with E-state index < -0.39 is 18.1 Å². The second-order valence-electron chi connectivity index (χ2n) is 7.21. The van der Waals surface area contributed by atoms with Crippen LogP contribution >= 0.6 is 0 Å². The maximum atomic E-state index is 12.7. The van der Waals surface area contributed by atoms with Crippen molar-refractivity contribution in [2.75, 3.05) is 6.61 Å². The van der Waals surface area contributed by atoms with Crippen molar-refractivity contribution in [1.82, 2.24) is 9.88 Å². The number of amides is 2. The van der Waals surface area contributed by atoms with Gasteiger partial charge in [0.1, 0.15) is 5.75 Å². The lowest BCUT2D eigenvalue weighted by molar-refractivity contribution is -0.125. The largest absolute Gasteiger partial charge is 0.493 e. The minimum Gasteiger partial charge on any atom is -0.493 e. The number of hydrogen-bond acceptors (Lipinski definition) is 5. The summed E-state index contributed by atoms with van der Waals surface area (Å²) in [5.74, 6) is -1.45. The summed E-state index contributed by atoms with van der Waals surface area (Å²) < 4.78 is 7.51. The van der Waals surface area contributed by atoms with Crippen LogP contribution in [0.1, 0.15) is 29.4 Å². The molecule has 0 unspecified atom stereocenters. The number of ether oxygens (including phenoxy) is 1. The maximum absolute atomic E-state index is 12.7. The van der Waals surface area contributed by atoms with Crippen molar-refractivity contribution in [2.45, 2.75) is 24.5 Å². The van der Waals surface area contributed by atoms with Crippen molar-refractivity contribution in [1.29, 1.82) is 0 Å². The van der Waals surface area contributed by atoms with Gasteiger partial charge in [-0.2, -0.15) is 0 Å². The molecule has 1 fully saturated rings. The quantitative estimate of drug-likeness (QED) is 0.437. The number of rotatable bonds is 6. The summed E-state index contributed by atoms with van der Waals surface area (Å²) in [4.78, 5) is 25.4. The van der Waals surface area contributed by atoms with Crippen molar-refractivity contribution in [3.63, 3.8) is 0 Å². The van der Waals surface area contributed by atoms with Gasteiger partial charge in [-0.3, -0.25) is 14.9 Å². The molecule has 0 radical (unpaired) electrons. The number of benzene rings is 2. The number of nitrogens with zero attached hydrogens (tertiary/aromatic N) is 1. The van der Waals surface area contributed by atoms with Gasteiger partial charge >= 0.3 is 0 Å². The molecular weight excluding hydrogens is 372 g/mol. The van der Waals surface area contributed by atoms with E-state index in [1.807, 2.05) is 42.1 Å². The standard InChI is InChI=1S/C22H22N2O5/c1-24-12-16(15-7-2-3-8-17(15)24)20-19(21(27)23-22(20)28)13-5-4-6-14(11-13)29-10-9-18(25)26/h2-8,11-12,18-20,25-26H,9-10H2,1H3,(H,23,27,28)/t19-,20-/m1/s1. The predicted octanol–water partition coefficient (Wildman–Crippen LogP) is 1.78. The molecule has 1 aliphatic heterocycles. The molecule has 7 nitrogen and oxygen atoms in total. The Morgan fingerprint density at radius 3 is 2.62 bits per heavy atom. The van der Waals surface area contributed by atoms with Crippen LogP contribution in [0.4, 0.5) is 0 Å². The van der Waals surface area contributed by atoms with Gasteiger partial charge in [0.15, 0.2) is 6.29 Å². The monoisotopic (exact) mass is 394 g/mol. The first-order valence-corrected chi connectivity index (χ1v) is 9.43. The van der Waals surface area contributed by atoms with Gasteiger partial charge in [0.25, 0.3) is 0 Å². The molecule has 3 N–H and O–H groups in total. The number of nitrogens with one attached hydrogen (secondary N) is 1. The van der Waals surface area contributed by atoms with Crippen LogP contribution in [-0.4, -0.2) is 39.5 Å². The first-order valence-electron chi connectivity index (χ1n) is 9.43. The maximum Gasteiger partial charge on any atom is 0.235 e. The average molecular weight is 394 g/mol. The second-order valence-corrected chi connectivity index (χ2v) is 7.21. The predicted molar refractivity (Wildman–Crippen MR) is 106 cm³/mol. The van der Waals surface area contributed by atoms with E-state index in [9.17, 15) is 9.59 Å². The average Bonchev–Trinajstić information content (AvgIpc) is 3.17. The third kappa shape index (κ3) is 3.62. The molecule has 1 aliphatic rings. The summed E-state index contributed by atoms with van der Waals surface area (Å²) in [6.45, 7) is 0.129. The number of aromatic nitrogens is 1. The molecule has 1 saturated heterocycles. The van der Waals surface area contributed by atoms with Crippen LogP contribution in [-0.2, 0) is 16.6 Å². The SMILES string of the molecule is Cn1cc([C@H]2C(=O)NC(=O)[C@@H]2c2cccc(OCCC(O)O)c2)c2ccccc21. The molecule has 2 amide bonds. The molecule has 2 aromatic carbocycles. The minimum absolute atomic E-state index is 0.0747. The Morgan fingerprint density at radius 1 is 1.07 bits per heavy atom. The second kappa shape index (κ2) is 7.69. The highest BCUT2D eigenvalue weighted by Gasteiger charge is 2.44. The highest BCUT2D eigenvalue weighted by Crippen LogP contribution is 2.41. The molecule has 150 valence electrons. The molecule has 2 atom stereocenters. The van der Waals surface area contributed by atoms with Gasteiger partial charge in [0.2, 0.25) is 11.8 Å². The molecule has 7 heteroatoms. The molecule has 29 heavy (non-hydrogen) atoms. The van der Waals surface area contributed by atoms with Crippen LogP contribution < -0.4 is 10.1 Å². The van der Waals surface area contributed by atoms with Crippen LogP contribution in [0.25, 0.3) is 10.9 Å². The fourth-order valence-corrected chi connectivity index (χ4v) is 3.95. The molecule has 0 bridgehead atoms. The number of aliphatic hydroxyl groups excluding tert-OH is 1. The van der Waals surface area contributed by atoms with Gasteiger partial charge in [-0.05, 0) is 29.3 Å². The smallest absolute Gasteiger partial charge is 0.235 e. The number of carbonyl (C=O) groups is 2. The Hall–Kier alpha value is -3.16. The summed E-state index contributed by atoms with van der Waals surface area (Å²) in [7, 11) is 1.92. The van der Waals surface area contributed by atoms with E-state index in [0.717, 1.165) is 16.5 Å². The fourth-order valence-electron chi connectivity index (χ4n) is 3.95. The Balaban J connectivity index is 1.70. The lowest BCUT2D eigenvalue weighted by Crippen LogP contribution is -2.21. The molecular formula is C22H22N2O5. The Bertz CT molecular complexity index is 1070. The molecule has 0 spiro atoms. The van der Waals surface area contributed by atoms with Crippen LogP contribution in [0.5, 0.6) is 5.75 Å². The van der Waals surface area contributed by atoms with E-state index in [4.69, 9.17) is 14.9 Å². The van der Waals surface area contributed by atoms with E-state index in [-0.39, 0.29) is 24.8 Å². The van der Waals surface area contributed by atoms with Crippen molar-refractivity contribution in [2.24, 2.45) is 7.05 Å². The fraction of sp³-hybridized carbons (Fsp3) is 0.273. The highest BCUT2D eigenvalue weighted by molar-refractivity contribution is 6.11. The van der Waals surface area contributed by atoms with Crippen LogP contribution in [0.3, 0.4) is 0 Å². The summed E-state index contributed by atoms with van der Waals surface area (Å²) in [6, 6.07) is 14.8. The van der Waals surface area contributed by atoms with Gasteiger partial charge < -0.3 is 19.5 Å². The number of imide groups is 1. The van der Waals surface area contributed by atoms with Gasteiger partial charge in [-0.25, -0.2) is 0 Å². The van der Waals surface area contributed by atoms with E-state index in [0.29, 0.717) is 11.3 Å². The van der Waals surface area contributed by atoms with Gasteiger partial charge in [0, 0.05) is 30.6 Å². The summed E-state index contributed by atoms with van der Waals surface area (Å²) in [5, 5.41) is 21.3. The molecule has 4 rings (SSSR count). The number of carbonyl (C=O) groups excluding carboxylic acids is 2. The number of hydrogen-bond donors (Lipinski definition) is 3. The summed E-state index contributed by atoms with van der Waals surface area (Å²) >= 11 is 0. The zero-order valence-electron chi connectivity index (χ0n) is 15.9. The van der Waals surface area contributed by atoms with Crippen molar-refractivity contribution >= 4 is 22.7 Å². The zero-order chi connectivity index (χ0) is 20.5. The number of aryl methyl sites for hydroxylation is 1. The van der Waals surface area contributed by atoms with E-state index in [1.165, 1.54) is 0 Å². The van der Waals surface area contributed by atoms with E-state index >= 15 is 0 Å². The summed E-state index contributed by atoms with van der Waals surface area (Å²) in [6.07, 6.45) is 0.543. The Kier molecular flexibility index (Phi) is 5.08.